The van der Waals surface area contributed by atoms with Gasteiger partial charge in [-0.3, -0.25) is 19.3 Å². The van der Waals surface area contributed by atoms with Crippen LogP contribution < -0.4 is 0 Å². The van der Waals surface area contributed by atoms with E-state index in [1.54, 1.807) is 13.8 Å². The summed E-state index contributed by atoms with van der Waals surface area (Å²) in [6.07, 6.45) is 3.52. The second-order valence-corrected chi connectivity index (χ2v) is 5.99. The Hall–Kier alpha value is -1.65. The van der Waals surface area contributed by atoms with Crippen molar-refractivity contribution in [2.75, 3.05) is 19.6 Å². The van der Waals surface area contributed by atoms with Gasteiger partial charge in [-0.2, -0.15) is 0 Å². The molecule has 3 amide bonds. The molecule has 2 aliphatic rings. The molecular formula is C16H24N2O3. The maximum atomic E-state index is 12.2. The third-order valence-electron chi connectivity index (χ3n) is 4.79. The monoisotopic (exact) mass is 292 g/mol. The summed E-state index contributed by atoms with van der Waals surface area (Å²) < 4.78 is 0. The van der Waals surface area contributed by atoms with Crippen LogP contribution in [0.1, 0.15) is 46.5 Å². The van der Waals surface area contributed by atoms with Gasteiger partial charge in [0.05, 0.1) is 0 Å². The van der Waals surface area contributed by atoms with Gasteiger partial charge in [0.15, 0.2) is 0 Å². The van der Waals surface area contributed by atoms with Gasteiger partial charge in [0.2, 0.25) is 5.91 Å². The number of hydrogen-bond donors (Lipinski definition) is 0. The van der Waals surface area contributed by atoms with Crippen LogP contribution in [0.2, 0.25) is 0 Å². The van der Waals surface area contributed by atoms with Gasteiger partial charge in [-0.05, 0) is 32.6 Å². The fourth-order valence-electron chi connectivity index (χ4n) is 2.98. The molecule has 0 atom stereocenters. The summed E-state index contributed by atoms with van der Waals surface area (Å²) in [6.45, 7) is 7.30. The summed E-state index contributed by atoms with van der Waals surface area (Å²) in [5, 5.41) is 0. The molecule has 21 heavy (non-hydrogen) atoms. The Balaban J connectivity index is 1.83. The summed E-state index contributed by atoms with van der Waals surface area (Å²) in [5.41, 5.74) is 0.993. The number of imide groups is 1. The number of piperidine rings is 1. The molecule has 0 aromatic heterocycles. The highest BCUT2D eigenvalue weighted by Gasteiger charge is 2.33. The van der Waals surface area contributed by atoms with Gasteiger partial charge in [-0.1, -0.05) is 13.3 Å². The Morgan fingerprint density at radius 3 is 2.10 bits per heavy atom. The Morgan fingerprint density at radius 1 is 1.10 bits per heavy atom. The van der Waals surface area contributed by atoms with Gasteiger partial charge in [0.25, 0.3) is 11.8 Å². The van der Waals surface area contributed by atoms with Gasteiger partial charge in [0.1, 0.15) is 0 Å². The van der Waals surface area contributed by atoms with Gasteiger partial charge < -0.3 is 4.90 Å². The lowest BCUT2D eigenvalue weighted by Crippen LogP contribution is -2.41. The van der Waals surface area contributed by atoms with Crippen LogP contribution in [0.15, 0.2) is 11.1 Å². The number of hydrogen-bond acceptors (Lipinski definition) is 3. The zero-order valence-corrected chi connectivity index (χ0v) is 13.1. The van der Waals surface area contributed by atoms with Crippen LogP contribution in [0.5, 0.6) is 0 Å². The van der Waals surface area contributed by atoms with Gasteiger partial charge >= 0.3 is 0 Å². The molecule has 2 rings (SSSR count). The predicted molar refractivity (Wildman–Crippen MR) is 79.3 cm³/mol. The molecule has 0 radical (unpaired) electrons. The third kappa shape index (κ3) is 3.17. The molecule has 0 bridgehead atoms. The topological polar surface area (TPSA) is 57.7 Å². The SMILES string of the molecule is CCC1CCN(C(=O)CCN2C(=O)C(C)=C(C)C2=O)CC1. The highest BCUT2D eigenvalue weighted by molar-refractivity contribution is 6.18. The molecule has 2 aliphatic heterocycles. The van der Waals surface area contributed by atoms with Crippen LogP contribution >= 0.6 is 0 Å². The largest absolute Gasteiger partial charge is 0.343 e. The average Bonchev–Trinajstić information content (AvgIpc) is 2.69. The molecule has 0 aliphatic carbocycles. The molecule has 0 N–H and O–H groups in total. The maximum Gasteiger partial charge on any atom is 0.256 e. The second kappa shape index (κ2) is 6.41. The first-order chi connectivity index (χ1) is 9.95. The summed E-state index contributed by atoms with van der Waals surface area (Å²) in [5.74, 6) is 0.266. The molecule has 5 nitrogen and oxygen atoms in total. The van der Waals surface area contributed by atoms with E-state index in [9.17, 15) is 14.4 Å². The van der Waals surface area contributed by atoms with E-state index in [-0.39, 0.29) is 30.7 Å². The van der Waals surface area contributed by atoms with Crippen molar-refractivity contribution in [2.45, 2.75) is 46.5 Å². The fraction of sp³-hybridized carbons (Fsp3) is 0.688. The minimum Gasteiger partial charge on any atom is -0.343 e. The molecule has 0 saturated carbocycles. The third-order valence-corrected chi connectivity index (χ3v) is 4.79. The minimum atomic E-state index is -0.255. The van der Waals surface area contributed by atoms with E-state index >= 15 is 0 Å². The van der Waals surface area contributed by atoms with Gasteiger partial charge in [-0.25, -0.2) is 0 Å². The van der Waals surface area contributed by atoms with Crippen molar-refractivity contribution in [1.29, 1.82) is 0 Å². The van der Waals surface area contributed by atoms with E-state index < -0.39 is 0 Å². The molecule has 2 heterocycles. The summed E-state index contributed by atoms with van der Waals surface area (Å²) in [7, 11) is 0. The lowest BCUT2D eigenvalue weighted by Gasteiger charge is -2.32. The van der Waals surface area contributed by atoms with Crippen molar-refractivity contribution in [3.8, 4) is 0 Å². The highest BCUT2D eigenvalue weighted by atomic mass is 16.2. The Kier molecular flexibility index (Phi) is 4.80. The maximum absolute atomic E-state index is 12.2. The van der Waals surface area contributed by atoms with Crippen LogP contribution in [0.25, 0.3) is 0 Å². The van der Waals surface area contributed by atoms with Gasteiger partial charge in [0, 0.05) is 37.2 Å². The molecule has 1 fully saturated rings. The van der Waals surface area contributed by atoms with Crippen molar-refractivity contribution in [3.63, 3.8) is 0 Å². The zero-order valence-electron chi connectivity index (χ0n) is 13.1. The second-order valence-electron chi connectivity index (χ2n) is 5.99. The van der Waals surface area contributed by atoms with E-state index in [0.717, 1.165) is 31.8 Å². The standard InChI is InChI=1S/C16H24N2O3/c1-4-13-5-8-17(9-6-13)14(19)7-10-18-15(20)11(2)12(3)16(18)21/h13H,4-10H2,1-3H3. The fourth-order valence-corrected chi connectivity index (χ4v) is 2.98. The highest BCUT2D eigenvalue weighted by Crippen LogP contribution is 2.22. The van der Waals surface area contributed by atoms with E-state index in [1.165, 1.54) is 11.3 Å². The minimum absolute atomic E-state index is 0.0485. The summed E-state index contributed by atoms with van der Waals surface area (Å²) >= 11 is 0. The Labute approximate surface area is 126 Å². The van der Waals surface area contributed by atoms with E-state index in [4.69, 9.17) is 0 Å². The van der Waals surface area contributed by atoms with Crippen molar-refractivity contribution in [1.82, 2.24) is 9.80 Å². The zero-order chi connectivity index (χ0) is 15.6. The normalized spacial score (nSPS) is 20.7. The Morgan fingerprint density at radius 2 is 1.62 bits per heavy atom. The lowest BCUT2D eigenvalue weighted by molar-refractivity contribution is -0.139. The summed E-state index contributed by atoms with van der Waals surface area (Å²) in [6, 6.07) is 0. The number of carbonyl (C=O) groups excluding carboxylic acids is 3. The molecular weight excluding hydrogens is 268 g/mol. The smallest absolute Gasteiger partial charge is 0.256 e. The van der Waals surface area contributed by atoms with Crippen LogP contribution in [0, 0.1) is 5.92 Å². The Bertz CT molecular complexity index is 464. The average molecular weight is 292 g/mol. The van der Waals surface area contributed by atoms with Crippen molar-refractivity contribution >= 4 is 17.7 Å². The number of carbonyl (C=O) groups is 3. The molecule has 0 aromatic rings. The van der Waals surface area contributed by atoms with Crippen LogP contribution in [0.3, 0.4) is 0 Å². The van der Waals surface area contributed by atoms with Crippen molar-refractivity contribution in [3.05, 3.63) is 11.1 Å². The first-order valence-corrected chi connectivity index (χ1v) is 7.77. The van der Waals surface area contributed by atoms with E-state index in [1.807, 2.05) is 4.90 Å². The first-order valence-electron chi connectivity index (χ1n) is 7.77. The molecule has 1 saturated heterocycles. The van der Waals surface area contributed by atoms with E-state index in [2.05, 4.69) is 6.92 Å². The number of likely N-dealkylation sites (tertiary alicyclic amines) is 1. The summed E-state index contributed by atoms with van der Waals surface area (Å²) in [4.78, 5) is 39.1. The molecule has 0 unspecified atom stereocenters. The molecule has 0 aromatic carbocycles. The number of nitrogens with zero attached hydrogens (tertiary/aromatic N) is 2. The molecule has 0 spiro atoms. The van der Waals surface area contributed by atoms with E-state index in [0.29, 0.717) is 11.1 Å². The molecule has 5 heteroatoms. The lowest BCUT2D eigenvalue weighted by atomic mass is 9.94. The van der Waals surface area contributed by atoms with Crippen molar-refractivity contribution in [2.24, 2.45) is 5.92 Å². The van der Waals surface area contributed by atoms with Gasteiger partial charge in [-0.15, -0.1) is 0 Å². The van der Waals surface area contributed by atoms with Crippen LogP contribution in [-0.2, 0) is 14.4 Å². The predicted octanol–water partition coefficient (Wildman–Crippen LogP) is 1.73. The van der Waals surface area contributed by atoms with Crippen molar-refractivity contribution < 1.29 is 14.4 Å². The molecule has 116 valence electrons. The van der Waals surface area contributed by atoms with Crippen LogP contribution in [-0.4, -0.2) is 47.2 Å². The quantitative estimate of drug-likeness (QED) is 0.741. The number of amides is 3. The number of rotatable bonds is 4. The van der Waals surface area contributed by atoms with Crippen LogP contribution in [0.4, 0.5) is 0 Å². The first kappa shape index (κ1) is 15.7.